The molecule has 2 aromatic rings. The summed E-state index contributed by atoms with van der Waals surface area (Å²) in [5, 5.41) is 12.7. The van der Waals surface area contributed by atoms with Crippen molar-refractivity contribution in [2.24, 2.45) is 0 Å². The minimum Gasteiger partial charge on any atom is -0.493 e. The summed E-state index contributed by atoms with van der Waals surface area (Å²) < 4.78 is 55.7. The molecule has 1 heterocycles. The number of hydrogen-bond donors (Lipinski definition) is 2. The highest BCUT2D eigenvalue weighted by atomic mass is 19.4. The maximum Gasteiger partial charge on any atom is 0.425 e. The molecule has 1 aromatic carbocycles. The lowest BCUT2D eigenvalue weighted by atomic mass is 9.95. The molecule has 1 aromatic heterocycles. The van der Waals surface area contributed by atoms with Crippen molar-refractivity contribution in [2.75, 3.05) is 14.2 Å². The van der Waals surface area contributed by atoms with Crippen LogP contribution in [0.3, 0.4) is 0 Å². The van der Waals surface area contributed by atoms with E-state index in [1.807, 2.05) is 0 Å². The number of rotatable bonds is 7. The summed E-state index contributed by atoms with van der Waals surface area (Å²) in [5.74, 6) is -0.636. The van der Waals surface area contributed by atoms with Gasteiger partial charge in [0.2, 0.25) is 11.5 Å². The van der Waals surface area contributed by atoms with Gasteiger partial charge in [-0.15, -0.1) is 0 Å². The largest absolute Gasteiger partial charge is 0.493 e. The van der Waals surface area contributed by atoms with Crippen molar-refractivity contribution in [1.82, 2.24) is 5.32 Å². The zero-order valence-corrected chi connectivity index (χ0v) is 15.9. The van der Waals surface area contributed by atoms with Crippen LogP contribution in [0.25, 0.3) is 0 Å². The van der Waals surface area contributed by atoms with E-state index >= 15 is 0 Å². The predicted octanol–water partition coefficient (Wildman–Crippen LogP) is 3.62. The number of methoxy groups -OCH3 is 2. The summed E-state index contributed by atoms with van der Waals surface area (Å²) in [4.78, 5) is 12.3. The van der Waals surface area contributed by atoms with Crippen LogP contribution in [0.5, 0.6) is 11.5 Å². The maximum absolute atomic E-state index is 13.5. The molecule has 2 rings (SSSR count). The van der Waals surface area contributed by atoms with Crippen LogP contribution in [-0.4, -0.2) is 31.4 Å². The number of aryl methyl sites for hydroxylation is 1. The minimum absolute atomic E-state index is 0.191. The Balaban J connectivity index is 2.19. The molecule has 0 aliphatic heterocycles. The first kappa shape index (κ1) is 21.6. The zero-order valence-electron chi connectivity index (χ0n) is 15.9. The minimum atomic E-state index is -5.10. The molecule has 1 amide bonds. The van der Waals surface area contributed by atoms with E-state index in [0.29, 0.717) is 17.1 Å². The Bertz CT molecular complexity index is 833. The number of furan rings is 1. The van der Waals surface area contributed by atoms with Crippen molar-refractivity contribution >= 4 is 5.91 Å². The predicted molar refractivity (Wildman–Crippen MR) is 94.1 cm³/mol. The fourth-order valence-electron chi connectivity index (χ4n) is 2.71. The topological polar surface area (TPSA) is 80.9 Å². The quantitative estimate of drug-likeness (QED) is 0.741. The number of nitrogens with one attached hydrogen (secondary N) is 1. The number of halogens is 3. The molecule has 2 N–H and O–H groups in total. The molecule has 0 fully saturated rings. The molecule has 0 radical (unpaired) electrons. The lowest BCUT2D eigenvalue weighted by Crippen LogP contribution is -2.46. The normalized spacial score (nSPS) is 14.9. The van der Waals surface area contributed by atoms with Crippen LogP contribution >= 0.6 is 0 Å². The van der Waals surface area contributed by atoms with Crippen molar-refractivity contribution in [1.29, 1.82) is 0 Å². The first-order chi connectivity index (χ1) is 13.0. The molecule has 0 aliphatic rings. The third-order valence-corrected chi connectivity index (χ3v) is 4.32. The van der Waals surface area contributed by atoms with E-state index in [9.17, 15) is 23.1 Å². The van der Waals surface area contributed by atoms with Gasteiger partial charge in [0.05, 0.1) is 26.7 Å². The van der Waals surface area contributed by atoms with Gasteiger partial charge in [0.1, 0.15) is 11.5 Å². The Morgan fingerprint density at radius 3 is 2.32 bits per heavy atom. The van der Waals surface area contributed by atoms with Crippen molar-refractivity contribution in [2.45, 2.75) is 38.1 Å². The summed E-state index contributed by atoms with van der Waals surface area (Å²) in [6, 6.07) is 6.54. The fourth-order valence-corrected chi connectivity index (χ4v) is 2.71. The second-order valence-electron chi connectivity index (χ2n) is 6.35. The van der Waals surface area contributed by atoms with Gasteiger partial charge in [-0.05, 0) is 43.7 Å². The Hall–Kier alpha value is -2.68. The standard InChI is InChI=1S/C19H22F3NO5/c1-11-5-8-16(28-11)18(25,19(20,21)22)10-17(24)23-12(2)13-6-7-14(26-3)15(9-13)27-4/h5-9,12,25H,10H2,1-4H3,(H,23,24)/t12-,18-/m0/s1. The SMILES string of the molecule is COc1ccc([C@H](C)NC(=O)C[C@](O)(c2ccc(C)o2)C(F)(F)F)cc1OC. The highest BCUT2D eigenvalue weighted by Gasteiger charge is 2.58. The highest BCUT2D eigenvalue weighted by Crippen LogP contribution is 2.42. The van der Waals surface area contributed by atoms with Crippen LogP contribution in [-0.2, 0) is 10.4 Å². The van der Waals surface area contributed by atoms with Gasteiger partial charge in [0, 0.05) is 0 Å². The Kier molecular flexibility index (Phi) is 6.28. The average molecular weight is 401 g/mol. The van der Waals surface area contributed by atoms with E-state index in [1.165, 1.54) is 27.2 Å². The fraction of sp³-hybridized carbons (Fsp3) is 0.421. The van der Waals surface area contributed by atoms with Crippen LogP contribution in [0.4, 0.5) is 13.2 Å². The van der Waals surface area contributed by atoms with Gasteiger partial charge in [0.15, 0.2) is 11.5 Å². The summed E-state index contributed by atoms with van der Waals surface area (Å²) in [7, 11) is 2.91. The molecule has 0 unspecified atom stereocenters. The van der Waals surface area contributed by atoms with Crippen LogP contribution in [0.15, 0.2) is 34.7 Å². The summed E-state index contributed by atoms with van der Waals surface area (Å²) >= 11 is 0. The van der Waals surface area contributed by atoms with Crippen molar-refractivity contribution < 1.29 is 37.0 Å². The summed E-state index contributed by atoms with van der Waals surface area (Å²) in [5.41, 5.74) is -2.83. The summed E-state index contributed by atoms with van der Waals surface area (Å²) in [6.07, 6.45) is -6.33. The van der Waals surface area contributed by atoms with Gasteiger partial charge in [-0.2, -0.15) is 13.2 Å². The summed E-state index contributed by atoms with van der Waals surface area (Å²) in [6.45, 7) is 3.04. The first-order valence-electron chi connectivity index (χ1n) is 8.39. The molecule has 0 aliphatic carbocycles. The van der Waals surface area contributed by atoms with E-state index in [1.54, 1.807) is 25.1 Å². The molecular formula is C19H22F3NO5. The number of hydrogen-bond acceptors (Lipinski definition) is 5. The molecular weight excluding hydrogens is 379 g/mol. The lowest BCUT2D eigenvalue weighted by Gasteiger charge is -2.28. The van der Waals surface area contributed by atoms with Crippen LogP contribution in [0.2, 0.25) is 0 Å². The third kappa shape index (κ3) is 4.41. The highest BCUT2D eigenvalue weighted by molar-refractivity contribution is 5.78. The smallest absolute Gasteiger partial charge is 0.425 e. The number of ether oxygens (including phenoxy) is 2. The second-order valence-corrected chi connectivity index (χ2v) is 6.35. The van der Waals surface area contributed by atoms with E-state index in [4.69, 9.17) is 13.9 Å². The zero-order chi connectivity index (χ0) is 21.1. The Labute approximate surface area is 160 Å². The molecule has 2 atom stereocenters. The van der Waals surface area contributed by atoms with Gasteiger partial charge < -0.3 is 24.3 Å². The molecule has 0 spiro atoms. The Morgan fingerprint density at radius 1 is 1.18 bits per heavy atom. The molecule has 9 heteroatoms. The lowest BCUT2D eigenvalue weighted by molar-refractivity contribution is -0.273. The van der Waals surface area contributed by atoms with Gasteiger partial charge >= 0.3 is 6.18 Å². The van der Waals surface area contributed by atoms with E-state index in [-0.39, 0.29) is 5.76 Å². The number of amides is 1. The van der Waals surface area contributed by atoms with Gasteiger partial charge in [-0.3, -0.25) is 4.79 Å². The van der Waals surface area contributed by atoms with Gasteiger partial charge in [-0.25, -0.2) is 0 Å². The molecule has 0 saturated carbocycles. The van der Waals surface area contributed by atoms with E-state index < -0.39 is 35.9 Å². The van der Waals surface area contributed by atoms with E-state index in [0.717, 1.165) is 6.07 Å². The number of alkyl halides is 3. The van der Waals surface area contributed by atoms with Crippen molar-refractivity contribution in [3.05, 3.63) is 47.4 Å². The molecule has 28 heavy (non-hydrogen) atoms. The first-order valence-corrected chi connectivity index (χ1v) is 8.39. The van der Waals surface area contributed by atoms with Gasteiger partial charge in [0.25, 0.3) is 0 Å². The molecule has 0 saturated heterocycles. The van der Waals surface area contributed by atoms with Crippen LogP contribution in [0, 0.1) is 6.92 Å². The molecule has 154 valence electrons. The number of benzene rings is 1. The van der Waals surface area contributed by atoms with E-state index in [2.05, 4.69) is 5.32 Å². The molecule has 0 bridgehead atoms. The van der Waals surface area contributed by atoms with Gasteiger partial charge in [-0.1, -0.05) is 6.07 Å². The second kappa shape index (κ2) is 8.14. The number of carbonyl (C=O) groups is 1. The molecule has 6 nitrogen and oxygen atoms in total. The van der Waals surface area contributed by atoms with Crippen molar-refractivity contribution in [3.63, 3.8) is 0 Å². The van der Waals surface area contributed by atoms with Crippen LogP contribution < -0.4 is 14.8 Å². The average Bonchev–Trinajstić information content (AvgIpc) is 3.06. The Morgan fingerprint density at radius 2 is 1.82 bits per heavy atom. The number of aliphatic hydroxyl groups is 1. The van der Waals surface area contributed by atoms with Crippen molar-refractivity contribution in [3.8, 4) is 11.5 Å². The number of carbonyl (C=O) groups excluding carboxylic acids is 1. The maximum atomic E-state index is 13.5. The third-order valence-electron chi connectivity index (χ3n) is 4.32. The van der Waals surface area contributed by atoms with Crippen LogP contribution in [0.1, 0.15) is 36.5 Å². The monoisotopic (exact) mass is 401 g/mol.